The molecule has 1 aliphatic rings. The lowest BCUT2D eigenvalue weighted by molar-refractivity contribution is 0.101. The quantitative estimate of drug-likeness (QED) is 0.589. The van der Waals surface area contributed by atoms with Crippen LogP contribution in [0.3, 0.4) is 0 Å². The van der Waals surface area contributed by atoms with Crippen LogP contribution in [-0.2, 0) is 23.4 Å². The van der Waals surface area contributed by atoms with Crippen LogP contribution < -0.4 is 10.0 Å². The largest absolute Gasteiger partial charge is 0.395 e. The molecule has 0 radical (unpaired) electrons. The molecule has 0 saturated heterocycles. The second-order valence-electron chi connectivity index (χ2n) is 6.23. The van der Waals surface area contributed by atoms with Crippen LogP contribution >= 0.6 is 0 Å². The SMILES string of the molecule is Cn1cc2c(c1C(=O)Nc1cc(F)c(F)c(F)c1)CC[C@H](CO)NS2(=N)=O. The van der Waals surface area contributed by atoms with Crippen LogP contribution in [0.2, 0.25) is 0 Å². The molecular weight excluding hydrogens is 385 g/mol. The third-order valence-corrected chi connectivity index (χ3v) is 5.95. The average molecular weight is 402 g/mol. The number of aromatic nitrogens is 1. The zero-order valence-electron chi connectivity index (χ0n) is 14.2. The van der Waals surface area contributed by atoms with Gasteiger partial charge in [-0.15, -0.1) is 0 Å². The van der Waals surface area contributed by atoms with Crippen LogP contribution in [-0.4, -0.2) is 32.4 Å². The van der Waals surface area contributed by atoms with Gasteiger partial charge in [-0.1, -0.05) is 0 Å². The highest BCUT2D eigenvalue weighted by Gasteiger charge is 2.30. The summed E-state index contributed by atoms with van der Waals surface area (Å²) < 4.78 is 64.4. The first-order chi connectivity index (χ1) is 12.6. The van der Waals surface area contributed by atoms with E-state index in [0.717, 1.165) is 0 Å². The normalized spacial score (nSPS) is 22.2. The molecule has 146 valence electrons. The van der Waals surface area contributed by atoms with Crippen molar-refractivity contribution in [1.29, 1.82) is 4.78 Å². The van der Waals surface area contributed by atoms with Crippen molar-refractivity contribution in [3.63, 3.8) is 0 Å². The molecule has 7 nitrogen and oxygen atoms in total. The molecule has 0 spiro atoms. The summed E-state index contributed by atoms with van der Waals surface area (Å²) in [4.78, 5) is 12.8. The van der Waals surface area contributed by atoms with Crippen LogP contribution in [0.1, 0.15) is 22.5 Å². The van der Waals surface area contributed by atoms with Crippen LogP contribution in [0.25, 0.3) is 0 Å². The van der Waals surface area contributed by atoms with Crippen molar-refractivity contribution in [1.82, 2.24) is 9.29 Å². The molecular formula is C16H17F3N4O3S. The molecule has 11 heteroatoms. The van der Waals surface area contributed by atoms with E-state index in [1.807, 2.05) is 0 Å². The summed E-state index contributed by atoms with van der Waals surface area (Å²) in [5, 5.41) is 11.6. The summed E-state index contributed by atoms with van der Waals surface area (Å²) >= 11 is 0. The Kier molecular flexibility index (Phi) is 5.02. The second kappa shape index (κ2) is 6.98. The first kappa shape index (κ1) is 19.4. The second-order valence-corrected chi connectivity index (χ2v) is 8.02. The molecule has 1 unspecified atom stereocenters. The number of hydrogen-bond donors (Lipinski definition) is 4. The molecule has 0 saturated carbocycles. The summed E-state index contributed by atoms with van der Waals surface area (Å²) in [6.45, 7) is -0.318. The number of rotatable bonds is 3. The van der Waals surface area contributed by atoms with Crippen molar-refractivity contribution in [3.8, 4) is 0 Å². The molecule has 1 aromatic heterocycles. The van der Waals surface area contributed by atoms with Gasteiger partial charge in [-0.25, -0.2) is 26.9 Å². The first-order valence-corrected chi connectivity index (χ1v) is 9.51. The summed E-state index contributed by atoms with van der Waals surface area (Å²) in [6, 6.07) is 0.730. The van der Waals surface area contributed by atoms with Gasteiger partial charge in [-0.05, 0) is 12.8 Å². The van der Waals surface area contributed by atoms with Crippen molar-refractivity contribution in [2.24, 2.45) is 7.05 Å². The van der Waals surface area contributed by atoms with E-state index < -0.39 is 39.3 Å². The highest BCUT2D eigenvalue weighted by Crippen LogP contribution is 2.28. The van der Waals surface area contributed by atoms with Crippen molar-refractivity contribution < 1.29 is 27.3 Å². The number of benzene rings is 1. The molecule has 1 aromatic carbocycles. The Morgan fingerprint density at radius 1 is 1.41 bits per heavy atom. The topological polar surface area (TPSA) is 107 Å². The predicted molar refractivity (Wildman–Crippen MR) is 91.1 cm³/mol. The van der Waals surface area contributed by atoms with E-state index in [4.69, 9.17) is 4.78 Å². The Morgan fingerprint density at radius 3 is 2.63 bits per heavy atom. The number of aryl methyl sites for hydroxylation is 1. The molecule has 0 bridgehead atoms. The van der Waals surface area contributed by atoms with Crippen LogP contribution in [0, 0.1) is 22.2 Å². The number of anilines is 1. The van der Waals surface area contributed by atoms with E-state index >= 15 is 0 Å². The van der Waals surface area contributed by atoms with Gasteiger partial charge in [0.2, 0.25) is 0 Å². The number of nitrogens with one attached hydrogen (secondary N) is 3. The number of aliphatic hydroxyl groups is 1. The van der Waals surface area contributed by atoms with E-state index in [1.54, 1.807) is 0 Å². The lowest BCUT2D eigenvalue weighted by atomic mass is 10.1. The summed E-state index contributed by atoms with van der Waals surface area (Å²) in [6.07, 6.45) is 1.97. The number of amides is 1. The lowest BCUT2D eigenvalue weighted by Gasteiger charge is -2.13. The maximum Gasteiger partial charge on any atom is 0.272 e. The van der Waals surface area contributed by atoms with E-state index in [0.29, 0.717) is 24.1 Å². The van der Waals surface area contributed by atoms with Crippen molar-refractivity contribution in [2.45, 2.75) is 23.8 Å². The zero-order valence-corrected chi connectivity index (χ0v) is 15.0. The van der Waals surface area contributed by atoms with Gasteiger partial charge in [0.1, 0.15) is 15.6 Å². The fraction of sp³-hybridized carbons (Fsp3) is 0.312. The standard InChI is InChI=1S/C16H17F3N4O3S/c1-23-6-13-10(3-2-8(7-24)22-27(13,20)26)15(23)16(25)21-9-4-11(17)14(19)12(18)5-9/h4-6,8,24H,2-3,7H2,1H3,(H,21,25)(H2,20,22,26)/t8-,27?/m1/s1. The zero-order chi connectivity index (χ0) is 19.9. The molecule has 2 atom stereocenters. The van der Waals surface area contributed by atoms with E-state index in [2.05, 4.69) is 10.0 Å². The van der Waals surface area contributed by atoms with Gasteiger partial charge in [0, 0.05) is 42.7 Å². The number of carbonyl (C=O) groups is 1. The van der Waals surface area contributed by atoms with Gasteiger partial charge < -0.3 is 15.0 Å². The Labute approximate surface area is 153 Å². The van der Waals surface area contributed by atoms with Crippen molar-refractivity contribution >= 4 is 21.5 Å². The van der Waals surface area contributed by atoms with Crippen molar-refractivity contribution in [3.05, 3.63) is 47.0 Å². The number of aliphatic hydroxyl groups excluding tert-OH is 1. The van der Waals surface area contributed by atoms with E-state index in [1.165, 1.54) is 17.8 Å². The number of fused-ring (bicyclic) bond motifs is 1. The lowest BCUT2D eigenvalue weighted by Crippen LogP contribution is -2.35. The maximum absolute atomic E-state index is 13.4. The number of halogens is 3. The van der Waals surface area contributed by atoms with E-state index in [9.17, 15) is 27.3 Å². The minimum atomic E-state index is -3.45. The van der Waals surface area contributed by atoms with Gasteiger partial charge in [-0.2, -0.15) is 0 Å². The summed E-state index contributed by atoms with van der Waals surface area (Å²) in [5.41, 5.74) is 0.134. The Balaban J connectivity index is 1.99. The molecule has 3 rings (SSSR count). The minimum absolute atomic E-state index is 0.0653. The highest BCUT2D eigenvalue weighted by atomic mass is 32.2. The van der Waals surface area contributed by atoms with Crippen LogP contribution in [0.15, 0.2) is 23.2 Å². The molecule has 1 amide bonds. The molecule has 0 aliphatic carbocycles. The van der Waals surface area contributed by atoms with Crippen LogP contribution in [0.4, 0.5) is 18.9 Å². The molecule has 4 N–H and O–H groups in total. The number of nitrogens with zero attached hydrogens (tertiary/aromatic N) is 1. The molecule has 2 aromatic rings. The number of hydrogen-bond acceptors (Lipinski definition) is 4. The molecule has 2 heterocycles. The fourth-order valence-electron chi connectivity index (χ4n) is 3.06. The first-order valence-electron chi connectivity index (χ1n) is 7.95. The average Bonchev–Trinajstić information content (AvgIpc) is 2.87. The highest BCUT2D eigenvalue weighted by molar-refractivity contribution is 7.90. The Bertz CT molecular complexity index is 997. The summed E-state index contributed by atoms with van der Waals surface area (Å²) in [5.74, 6) is -5.28. The summed E-state index contributed by atoms with van der Waals surface area (Å²) in [7, 11) is -1.94. The third-order valence-electron chi connectivity index (χ3n) is 4.31. The smallest absolute Gasteiger partial charge is 0.272 e. The third kappa shape index (κ3) is 3.57. The van der Waals surface area contributed by atoms with Gasteiger partial charge >= 0.3 is 0 Å². The molecule has 1 aliphatic heterocycles. The molecule has 0 fully saturated rings. The van der Waals surface area contributed by atoms with Crippen LogP contribution in [0.5, 0.6) is 0 Å². The maximum atomic E-state index is 13.4. The van der Waals surface area contributed by atoms with Gasteiger partial charge in [0.05, 0.1) is 11.5 Å². The van der Waals surface area contributed by atoms with Crippen molar-refractivity contribution in [2.75, 3.05) is 11.9 Å². The van der Waals surface area contributed by atoms with Gasteiger partial charge in [-0.3, -0.25) is 4.79 Å². The van der Waals surface area contributed by atoms with Gasteiger partial charge in [0.15, 0.2) is 17.5 Å². The van der Waals surface area contributed by atoms with E-state index in [-0.39, 0.29) is 29.3 Å². The van der Waals surface area contributed by atoms with Gasteiger partial charge in [0.25, 0.3) is 5.91 Å². The monoisotopic (exact) mass is 402 g/mol. The Hall–Kier alpha value is -2.37. The minimum Gasteiger partial charge on any atom is -0.395 e. The predicted octanol–water partition coefficient (Wildman–Crippen LogP) is 1.91. The molecule has 27 heavy (non-hydrogen) atoms. The number of carbonyl (C=O) groups excluding carboxylic acids is 1. The fourth-order valence-corrected chi connectivity index (χ4v) is 4.70. The Morgan fingerprint density at radius 2 is 2.04 bits per heavy atom.